The molecule has 0 aliphatic carbocycles. The van der Waals surface area contributed by atoms with E-state index in [4.69, 9.17) is 10.7 Å². The fourth-order valence-electron chi connectivity index (χ4n) is 1.94. The fourth-order valence-corrected chi connectivity index (χ4v) is 2.84. The van der Waals surface area contributed by atoms with Crippen LogP contribution in [0, 0.1) is 6.92 Å². The molecule has 18 heavy (non-hydrogen) atoms. The van der Waals surface area contributed by atoms with Crippen LogP contribution in [-0.4, -0.2) is 34.6 Å². The van der Waals surface area contributed by atoms with Gasteiger partial charge in [-0.2, -0.15) is 11.8 Å². The van der Waals surface area contributed by atoms with E-state index in [-0.39, 0.29) is 5.41 Å². The number of hydrogen-bond acceptors (Lipinski definition) is 5. The smallest absolute Gasteiger partial charge is 0.138 e. The van der Waals surface area contributed by atoms with E-state index in [9.17, 15) is 0 Å². The van der Waals surface area contributed by atoms with Gasteiger partial charge in [0.1, 0.15) is 17.5 Å². The third-order valence-corrected chi connectivity index (χ3v) is 4.08. The van der Waals surface area contributed by atoms with Gasteiger partial charge in [0.25, 0.3) is 0 Å². The van der Waals surface area contributed by atoms with Crippen molar-refractivity contribution >= 4 is 23.4 Å². The van der Waals surface area contributed by atoms with E-state index in [1.54, 1.807) is 0 Å². The van der Waals surface area contributed by atoms with Gasteiger partial charge in [0.05, 0.1) is 0 Å². The number of thioether (sulfide) groups is 1. The van der Waals surface area contributed by atoms with E-state index >= 15 is 0 Å². The number of nitrogen functional groups attached to an aromatic ring is 1. The molecule has 0 radical (unpaired) electrons. The molecular formula is C13H22N4S. The molecule has 1 fully saturated rings. The zero-order valence-corrected chi connectivity index (χ0v) is 12.5. The number of rotatable bonds is 1. The number of hydrogen-bond donors (Lipinski definition) is 1. The molecule has 2 N–H and O–H groups in total. The minimum absolute atomic E-state index is 0.0683. The predicted molar refractivity (Wildman–Crippen MR) is 79.4 cm³/mol. The van der Waals surface area contributed by atoms with Crippen molar-refractivity contribution in [3.63, 3.8) is 0 Å². The highest BCUT2D eigenvalue weighted by Crippen LogP contribution is 2.28. The summed E-state index contributed by atoms with van der Waals surface area (Å²) in [5, 5.41) is 0. The Morgan fingerprint density at radius 3 is 2.33 bits per heavy atom. The molecule has 1 aliphatic rings. The van der Waals surface area contributed by atoms with Crippen LogP contribution in [0.4, 0.5) is 11.6 Å². The number of anilines is 2. The van der Waals surface area contributed by atoms with Crippen molar-refractivity contribution in [2.45, 2.75) is 33.1 Å². The summed E-state index contributed by atoms with van der Waals surface area (Å²) in [5.41, 5.74) is 6.98. The molecule has 0 aromatic carbocycles. The average molecular weight is 266 g/mol. The summed E-state index contributed by atoms with van der Waals surface area (Å²) >= 11 is 2.00. The highest BCUT2D eigenvalue weighted by Gasteiger charge is 2.23. The van der Waals surface area contributed by atoms with E-state index in [2.05, 4.69) is 30.7 Å². The van der Waals surface area contributed by atoms with Crippen molar-refractivity contribution in [3.8, 4) is 0 Å². The van der Waals surface area contributed by atoms with Crippen LogP contribution in [-0.2, 0) is 5.41 Å². The maximum atomic E-state index is 6.04. The van der Waals surface area contributed by atoms with Crippen molar-refractivity contribution in [2.75, 3.05) is 35.2 Å². The molecular weight excluding hydrogens is 244 g/mol. The lowest BCUT2D eigenvalue weighted by molar-refractivity contribution is 0.544. The lowest BCUT2D eigenvalue weighted by atomic mass is 9.95. The zero-order valence-electron chi connectivity index (χ0n) is 11.7. The third-order valence-electron chi connectivity index (χ3n) is 3.14. The first-order chi connectivity index (χ1) is 8.39. The van der Waals surface area contributed by atoms with Crippen LogP contribution in [0.3, 0.4) is 0 Å². The molecule has 2 heterocycles. The van der Waals surface area contributed by atoms with E-state index < -0.39 is 0 Å². The first-order valence-corrected chi connectivity index (χ1v) is 7.52. The summed E-state index contributed by atoms with van der Waals surface area (Å²) in [6.45, 7) is 10.5. The normalized spacial score (nSPS) is 17.0. The van der Waals surface area contributed by atoms with Crippen LogP contribution in [0.5, 0.6) is 0 Å². The molecule has 0 unspecified atom stereocenters. The SMILES string of the molecule is Cc1c(N)nc(C(C)(C)C)nc1N1CCSCC1. The third kappa shape index (κ3) is 2.71. The summed E-state index contributed by atoms with van der Waals surface area (Å²) < 4.78 is 0. The molecule has 2 rings (SSSR count). The van der Waals surface area contributed by atoms with Gasteiger partial charge in [0, 0.05) is 35.6 Å². The fraction of sp³-hybridized carbons (Fsp3) is 0.692. The molecule has 1 aliphatic heterocycles. The van der Waals surface area contributed by atoms with Crippen LogP contribution in [0.2, 0.25) is 0 Å². The molecule has 0 atom stereocenters. The molecule has 1 aromatic rings. The van der Waals surface area contributed by atoms with Crippen molar-refractivity contribution in [1.82, 2.24) is 9.97 Å². The molecule has 5 heteroatoms. The minimum Gasteiger partial charge on any atom is -0.383 e. The Labute approximate surface area is 113 Å². The minimum atomic E-state index is -0.0683. The van der Waals surface area contributed by atoms with E-state index in [1.807, 2.05) is 18.7 Å². The molecule has 0 amide bonds. The van der Waals surface area contributed by atoms with Gasteiger partial charge in [-0.05, 0) is 6.92 Å². The van der Waals surface area contributed by atoms with Crippen LogP contribution < -0.4 is 10.6 Å². The lowest BCUT2D eigenvalue weighted by Crippen LogP contribution is -2.34. The predicted octanol–water partition coefficient (Wildman–Crippen LogP) is 2.22. The Balaban J connectivity index is 2.42. The summed E-state index contributed by atoms with van der Waals surface area (Å²) in [5.74, 6) is 4.79. The average Bonchev–Trinajstić information content (AvgIpc) is 2.32. The topological polar surface area (TPSA) is 55.0 Å². The van der Waals surface area contributed by atoms with Gasteiger partial charge in [-0.15, -0.1) is 0 Å². The summed E-state index contributed by atoms with van der Waals surface area (Å²) in [6.07, 6.45) is 0. The summed E-state index contributed by atoms with van der Waals surface area (Å²) in [7, 11) is 0. The Kier molecular flexibility index (Phi) is 3.71. The molecule has 0 bridgehead atoms. The molecule has 4 nitrogen and oxygen atoms in total. The molecule has 1 aromatic heterocycles. The first-order valence-electron chi connectivity index (χ1n) is 6.37. The van der Waals surface area contributed by atoms with Crippen LogP contribution in [0.25, 0.3) is 0 Å². The van der Waals surface area contributed by atoms with Crippen LogP contribution in [0.1, 0.15) is 32.2 Å². The first kappa shape index (κ1) is 13.5. The summed E-state index contributed by atoms with van der Waals surface area (Å²) in [6, 6.07) is 0. The second kappa shape index (κ2) is 4.96. The number of nitrogens with two attached hydrogens (primary N) is 1. The van der Waals surface area contributed by atoms with Crippen molar-refractivity contribution in [3.05, 3.63) is 11.4 Å². The van der Waals surface area contributed by atoms with Crippen LogP contribution in [0.15, 0.2) is 0 Å². The number of aromatic nitrogens is 2. The second-order valence-electron chi connectivity index (χ2n) is 5.73. The zero-order chi connectivity index (χ0) is 13.3. The van der Waals surface area contributed by atoms with Crippen molar-refractivity contribution in [1.29, 1.82) is 0 Å². The highest BCUT2D eigenvalue weighted by atomic mass is 32.2. The molecule has 1 saturated heterocycles. The largest absolute Gasteiger partial charge is 0.383 e. The van der Waals surface area contributed by atoms with Gasteiger partial charge in [-0.25, -0.2) is 9.97 Å². The maximum Gasteiger partial charge on any atom is 0.138 e. The Morgan fingerprint density at radius 1 is 1.17 bits per heavy atom. The Hall–Kier alpha value is -0.970. The maximum absolute atomic E-state index is 6.04. The van der Waals surface area contributed by atoms with Gasteiger partial charge in [0.15, 0.2) is 0 Å². The Morgan fingerprint density at radius 2 is 1.78 bits per heavy atom. The molecule has 0 saturated carbocycles. The van der Waals surface area contributed by atoms with Gasteiger partial charge in [0.2, 0.25) is 0 Å². The standard InChI is InChI=1S/C13H22N4S/c1-9-10(14)15-12(13(2,3)4)16-11(9)17-5-7-18-8-6-17/h5-8H2,1-4H3,(H2,14,15,16). The van der Waals surface area contributed by atoms with Gasteiger partial charge in [-0.3, -0.25) is 0 Å². The van der Waals surface area contributed by atoms with E-state index in [0.29, 0.717) is 5.82 Å². The number of nitrogens with zero attached hydrogens (tertiary/aromatic N) is 3. The van der Waals surface area contributed by atoms with E-state index in [0.717, 1.165) is 41.8 Å². The second-order valence-corrected chi connectivity index (χ2v) is 6.96. The van der Waals surface area contributed by atoms with Crippen LogP contribution >= 0.6 is 11.8 Å². The monoisotopic (exact) mass is 266 g/mol. The van der Waals surface area contributed by atoms with Gasteiger partial charge >= 0.3 is 0 Å². The summed E-state index contributed by atoms with van der Waals surface area (Å²) in [4.78, 5) is 11.5. The van der Waals surface area contributed by atoms with E-state index in [1.165, 1.54) is 0 Å². The molecule has 100 valence electrons. The highest BCUT2D eigenvalue weighted by molar-refractivity contribution is 7.99. The lowest BCUT2D eigenvalue weighted by Gasteiger charge is -2.30. The van der Waals surface area contributed by atoms with Crippen molar-refractivity contribution < 1.29 is 0 Å². The van der Waals surface area contributed by atoms with Gasteiger partial charge in [-0.1, -0.05) is 20.8 Å². The van der Waals surface area contributed by atoms with Gasteiger partial charge < -0.3 is 10.6 Å². The quantitative estimate of drug-likeness (QED) is 0.844. The Bertz CT molecular complexity index is 433. The molecule has 0 spiro atoms. The van der Waals surface area contributed by atoms with Crippen molar-refractivity contribution in [2.24, 2.45) is 0 Å².